The summed E-state index contributed by atoms with van der Waals surface area (Å²) >= 11 is 0. The number of furan rings is 1. The van der Waals surface area contributed by atoms with Crippen molar-refractivity contribution in [3.8, 4) is 22.6 Å². The Morgan fingerprint density at radius 1 is 0.486 bits per heavy atom. The van der Waals surface area contributed by atoms with E-state index in [0.717, 1.165) is 45.4 Å². The number of hydrogen-bond acceptors (Lipinski definition) is 5. The summed E-state index contributed by atoms with van der Waals surface area (Å²) in [6.45, 7) is 0. The van der Waals surface area contributed by atoms with Crippen LogP contribution in [0.5, 0.6) is 0 Å². The molecule has 3 aromatic rings. The van der Waals surface area contributed by atoms with Gasteiger partial charge in [-0.2, -0.15) is 0 Å². The van der Waals surface area contributed by atoms with E-state index in [2.05, 4.69) is 108 Å². The molecule has 3 heterocycles. The molecule has 35 heavy (non-hydrogen) atoms. The largest absolute Gasteiger partial charge is 0.456 e. The zero-order chi connectivity index (χ0) is 23.2. The van der Waals surface area contributed by atoms with E-state index < -0.39 is 0 Å². The average Bonchev–Trinajstić information content (AvgIpc) is 3.67. The predicted octanol–water partition coefficient (Wildman–Crippen LogP) is 5.04. The molecule has 2 N–H and O–H groups in total. The Labute approximate surface area is 204 Å². The Morgan fingerprint density at radius 3 is 1.31 bits per heavy atom. The van der Waals surface area contributed by atoms with E-state index in [9.17, 15) is 0 Å². The molecule has 7 rings (SSSR count). The molecule has 2 aromatic carbocycles. The Balaban J connectivity index is 1.07. The Morgan fingerprint density at radius 2 is 0.886 bits per heavy atom. The van der Waals surface area contributed by atoms with Crippen molar-refractivity contribution in [3.05, 3.63) is 120 Å². The van der Waals surface area contributed by atoms with Gasteiger partial charge >= 0.3 is 0 Å². The van der Waals surface area contributed by atoms with E-state index in [-0.39, 0.29) is 24.2 Å². The van der Waals surface area contributed by atoms with Gasteiger partial charge in [0.2, 0.25) is 0 Å². The number of allylic oxidation sites excluding steroid dienone is 4. The van der Waals surface area contributed by atoms with Crippen LogP contribution < -0.4 is 10.6 Å². The van der Waals surface area contributed by atoms with Crippen molar-refractivity contribution in [1.82, 2.24) is 10.6 Å². The highest BCUT2D eigenvalue weighted by Crippen LogP contribution is 2.30. The van der Waals surface area contributed by atoms with Crippen molar-refractivity contribution >= 4 is 11.7 Å². The lowest BCUT2D eigenvalue weighted by molar-refractivity contribution is 0.597. The van der Waals surface area contributed by atoms with Crippen molar-refractivity contribution in [2.24, 2.45) is 9.98 Å². The van der Waals surface area contributed by atoms with Gasteiger partial charge in [-0.25, -0.2) is 0 Å². The molecular formula is C30H24N4O. The molecule has 170 valence electrons. The molecule has 4 unspecified atom stereocenters. The summed E-state index contributed by atoms with van der Waals surface area (Å²) in [4.78, 5) is 9.62. The van der Waals surface area contributed by atoms with Crippen LogP contribution in [0.2, 0.25) is 0 Å². The van der Waals surface area contributed by atoms with E-state index in [1.165, 1.54) is 0 Å². The summed E-state index contributed by atoms with van der Waals surface area (Å²) in [5.41, 5.74) is 4.25. The van der Waals surface area contributed by atoms with Gasteiger partial charge in [0, 0.05) is 22.3 Å². The smallest absolute Gasteiger partial charge is 0.134 e. The van der Waals surface area contributed by atoms with Crippen LogP contribution in [0.3, 0.4) is 0 Å². The fraction of sp³-hybridized carbons (Fsp3) is 0.133. The van der Waals surface area contributed by atoms with E-state index in [0.29, 0.717) is 0 Å². The minimum Gasteiger partial charge on any atom is -0.456 e. The second-order valence-corrected chi connectivity index (χ2v) is 9.14. The quantitative estimate of drug-likeness (QED) is 0.578. The third kappa shape index (κ3) is 3.66. The Bertz CT molecular complexity index is 1340. The van der Waals surface area contributed by atoms with E-state index >= 15 is 0 Å². The maximum atomic E-state index is 6.21. The van der Waals surface area contributed by atoms with Crippen molar-refractivity contribution in [2.75, 3.05) is 0 Å². The summed E-state index contributed by atoms with van der Waals surface area (Å²) in [7, 11) is 0. The normalized spacial score (nSPS) is 25.5. The first kappa shape index (κ1) is 20.0. The second kappa shape index (κ2) is 8.13. The number of benzene rings is 2. The standard InChI is InChI=1S/C30H24N4O/c1-2-6-24-23(5-1)31-29(32-24)21-13-9-19(10-14-21)27-17-18-28(35-27)20-11-15-22(16-12-20)30-33-25-7-3-4-8-26(25)34-30/h1-18,23-26H,(H,31,32)(H,33,34). The fourth-order valence-corrected chi connectivity index (χ4v) is 4.94. The number of nitrogens with one attached hydrogen (secondary N) is 2. The summed E-state index contributed by atoms with van der Waals surface area (Å²) in [6, 6.07) is 21.7. The van der Waals surface area contributed by atoms with Crippen LogP contribution in [0.25, 0.3) is 22.6 Å². The van der Waals surface area contributed by atoms with Crippen molar-refractivity contribution in [3.63, 3.8) is 0 Å². The molecule has 5 heteroatoms. The van der Waals surface area contributed by atoms with Crippen molar-refractivity contribution in [1.29, 1.82) is 0 Å². The molecule has 2 aliphatic heterocycles. The number of nitrogens with zero attached hydrogens (tertiary/aromatic N) is 2. The van der Waals surface area contributed by atoms with Gasteiger partial charge in [0.25, 0.3) is 0 Å². The minimum absolute atomic E-state index is 0.183. The maximum absolute atomic E-state index is 6.21. The van der Waals surface area contributed by atoms with Crippen LogP contribution in [-0.4, -0.2) is 35.8 Å². The first-order valence-corrected chi connectivity index (χ1v) is 12.0. The second-order valence-electron chi connectivity index (χ2n) is 9.14. The topological polar surface area (TPSA) is 61.9 Å². The van der Waals surface area contributed by atoms with Gasteiger partial charge in [-0.1, -0.05) is 97.1 Å². The summed E-state index contributed by atoms with van der Waals surface area (Å²) in [5, 5.41) is 7.00. The van der Waals surface area contributed by atoms with Gasteiger partial charge in [0.15, 0.2) is 0 Å². The molecule has 2 aliphatic carbocycles. The molecule has 0 bridgehead atoms. The van der Waals surface area contributed by atoms with Crippen LogP contribution in [0.4, 0.5) is 0 Å². The number of amidine groups is 2. The van der Waals surface area contributed by atoms with Gasteiger partial charge in [0.05, 0.1) is 24.2 Å². The molecule has 0 amide bonds. The van der Waals surface area contributed by atoms with E-state index in [1.54, 1.807) is 0 Å². The third-order valence-electron chi connectivity index (χ3n) is 6.87. The maximum Gasteiger partial charge on any atom is 0.134 e. The predicted molar refractivity (Wildman–Crippen MR) is 141 cm³/mol. The van der Waals surface area contributed by atoms with Gasteiger partial charge in [-0.3, -0.25) is 9.98 Å². The molecule has 0 radical (unpaired) electrons. The van der Waals surface area contributed by atoms with Crippen LogP contribution in [0.15, 0.2) is 124 Å². The first-order chi connectivity index (χ1) is 17.3. The summed E-state index contributed by atoms with van der Waals surface area (Å²) in [5.74, 6) is 3.58. The van der Waals surface area contributed by atoms with Gasteiger partial charge in [-0.05, 0) is 12.1 Å². The molecular weight excluding hydrogens is 432 g/mol. The summed E-state index contributed by atoms with van der Waals surface area (Å²) < 4.78 is 6.21. The number of aliphatic imine (C=N–C) groups is 2. The minimum atomic E-state index is 0.183. The van der Waals surface area contributed by atoms with Crippen LogP contribution in [0.1, 0.15) is 11.1 Å². The Kier molecular flexibility index (Phi) is 4.65. The van der Waals surface area contributed by atoms with Gasteiger partial charge in [0.1, 0.15) is 23.2 Å². The molecule has 1 aromatic heterocycles. The van der Waals surface area contributed by atoms with Crippen molar-refractivity contribution < 1.29 is 4.42 Å². The van der Waals surface area contributed by atoms with Gasteiger partial charge < -0.3 is 15.1 Å². The SMILES string of the molecule is C1=CC2N=C(c3ccc(-c4ccc(-c5ccc(C6=NC7C=CC=CC7N6)cc5)o4)cc3)NC2C=C1. The Hall–Kier alpha value is -4.38. The zero-order valence-corrected chi connectivity index (χ0v) is 19.0. The number of hydrogen-bond donors (Lipinski definition) is 2. The third-order valence-corrected chi connectivity index (χ3v) is 6.87. The number of rotatable bonds is 4. The lowest BCUT2D eigenvalue weighted by Crippen LogP contribution is -2.33. The molecule has 0 saturated heterocycles. The first-order valence-electron chi connectivity index (χ1n) is 12.0. The van der Waals surface area contributed by atoms with Crippen LogP contribution in [-0.2, 0) is 0 Å². The molecule has 0 spiro atoms. The van der Waals surface area contributed by atoms with Crippen LogP contribution in [0, 0.1) is 0 Å². The number of fused-ring (bicyclic) bond motifs is 2. The summed E-state index contributed by atoms with van der Waals surface area (Å²) in [6.07, 6.45) is 16.8. The van der Waals surface area contributed by atoms with Crippen LogP contribution >= 0.6 is 0 Å². The van der Waals surface area contributed by atoms with Gasteiger partial charge in [-0.15, -0.1) is 0 Å². The average molecular weight is 457 g/mol. The van der Waals surface area contributed by atoms with E-state index in [1.807, 2.05) is 12.1 Å². The highest BCUT2D eigenvalue weighted by atomic mass is 16.3. The highest BCUT2D eigenvalue weighted by Gasteiger charge is 2.27. The fourth-order valence-electron chi connectivity index (χ4n) is 4.94. The molecule has 4 aliphatic rings. The lowest BCUT2D eigenvalue weighted by Gasteiger charge is -2.13. The highest BCUT2D eigenvalue weighted by molar-refractivity contribution is 6.01. The van der Waals surface area contributed by atoms with Crippen molar-refractivity contribution in [2.45, 2.75) is 24.2 Å². The monoisotopic (exact) mass is 456 g/mol. The zero-order valence-electron chi connectivity index (χ0n) is 19.0. The lowest BCUT2D eigenvalue weighted by atomic mass is 10.1. The molecule has 0 fully saturated rings. The van der Waals surface area contributed by atoms with E-state index in [4.69, 9.17) is 14.4 Å². The molecule has 5 nitrogen and oxygen atoms in total. The molecule has 0 saturated carbocycles. The molecule has 4 atom stereocenters.